The molecule has 2 heterocycles. The second-order valence-electron chi connectivity index (χ2n) is 8.37. The Bertz CT molecular complexity index is 1590. The summed E-state index contributed by atoms with van der Waals surface area (Å²) in [6.45, 7) is 0. The molecular weight excluding hydrogens is 535 g/mol. The quantitative estimate of drug-likeness (QED) is 0.137. The van der Waals surface area contributed by atoms with Crippen molar-refractivity contribution in [3.63, 3.8) is 0 Å². The fourth-order valence-electron chi connectivity index (χ4n) is 3.39. The SMILES string of the molecule is CN(C)C=O.CN(C)C=O.S=c1c2cc(Cl)ccc2[nH]c2cc3c(=S)c4cc(Cl)ccc4[nH]c3cc12. The van der Waals surface area contributed by atoms with Crippen LogP contribution in [0, 0.1) is 9.02 Å². The lowest BCUT2D eigenvalue weighted by Gasteiger charge is -2.09. The lowest BCUT2D eigenvalue weighted by Crippen LogP contribution is -2.06. The molecule has 6 nitrogen and oxygen atoms in total. The third kappa shape index (κ3) is 6.20. The minimum Gasteiger partial charge on any atom is -0.354 e. The van der Waals surface area contributed by atoms with E-state index in [1.54, 1.807) is 28.2 Å². The monoisotopic (exact) mass is 558 g/mol. The summed E-state index contributed by atoms with van der Waals surface area (Å²) >= 11 is 23.7. The molecule has 186 valence electrons. The molecule has 0 aliphatic carbocycles. The van der Waals surface area contributed by atoms with E-state index >= 15 is 0 Å². The van der Waals surface area contributed by atoms with Crippen LogP contribution in [0.1, 0.15) is 0 Å². The predicted octanol–water partition coefficient (Wildman–Crippen LogP) is 7.13. The third-order valence-corrected chi connectivity index (χ3v) is 6.41. The fraction of sp³-hybridized carbons (Fsp3) is 0.154. The van der Waals surface area contributed by atoms with Gasteiger partial charge in [-0.2, -0.15) is 0 Å². The second-order valence-corrected chi connectivity index (χ2v) is 10.1. The van der Waals surface area contributed by atoms with E-state index in [0.717, 1.165) is 65.5 Å². The summed E-state index contributed by atoms with van der Waals surface area (Å²) in [4.78, 5) is 28.6. The molecule has 0 aliphatic heterocycles. The van der Waals surface area contributed by atoms with Gasteiger partial charge in [-0.05, 0) is 48.5 Å². The van der Waals surface area contributed by atoms with Crippen LogP contribution in [-0.2, 0) is 9.59 Å². The van der Waals surface area contributed by atoms with Crippen molar-refractivity contribution in [2.45, 2.75) is 0 Å². The summed E-state index contributed by atoms with van der Waals surface area (Å²) in [5.41, 5.74) is 3.78. The number of amides is 2. The largest absolute Gasteiger partial charge is 0.354 e. The molecule has 5 rings (SSSR count). The Hall–Kier alpha value is -3.04. The lowest BCUT2D eigenvalue weighted by molar-refractivity contribution is -0.116. The number of hydrogen-bond acceptors (Lipinski definition) is 4. The Morgan fingerprint density at radius 1 is 0.611 bits per heavy atom. The van der Waals surface area contributed by atoms with Gasteiger partial charge in [0.15, 0.2) is 0 Å². The van der Waals surface area contributed by atoms with Crippen LogP contribution in [0.2, 0.25) is 10.0 Å². The molecule has 0 unspecified atom stereocenters. The van der Waals surface area contributed by atoms with E-state index in [1.165, 1.54) is 9.80 Å². The normalized spacial score (nSPS) is 10.4. The lowest BCUT2D eigenvalue weighted by atomic mass is 10.1. The molecule has 3 aromatic carbocycles. The van der Waals surface area contributed by atoms with Crippen LogP contribution in [0.25, 0.3) is 43.6 Å². The summed E-state index contributed by atoms with van der Waals surface area (Å²) < 4.78 is 1.54. The molecule has 2 aromatic heterocycles. The number of carbonyl (C=O) groups excluding carboxylic acids is 2. The number of halogens is 2. The van der Waals surface area contributed by atoms with E-state index in [2.05, 4.69) is 9.97 Å². The third-order valence-electron chi connectivity index (χ3n) is 5.06. The van der Waals surface area contributed by atoms with Crippen LogP contribution in [0.15, 0.2) is 48.5 Å². The van der Waals surface area contributed by atoms with Gasteiger partial charge < -0.3 is 19.8 Å². The first-order chi connectivity index (χ1) is 17.0. The average Bonchev–Trinajstić information content (AvgIpc) is 2.85. The molecule has 0 saturated heterocycles. The van der Waals surface area contributed by atoms with E-state index in [9.17, 15) is 9.59 Å². The van der Waals surface area contributed by atoms with Crippen molar-refractivity contribution in [2.24, 2.45) is 0 Å². The molecule has 0 spiro atoms. The summed E-state index contributed by atoms with van der Waals surface area (Å²) in [7, 11) is 6.75. The number of fused-ring (bicyclic) bond motifs is 4. The molecule has 2 N–H and O–H groups in total. The second kappa shape index (κ2) is 11.8. The van der Waals surface area contributed by atoms with Gasteiger partial charge in [0.2, 0.25) is 12.8 Å². The smallest absolute Gasteiger partial charge is 0.209 e. The van der Waals surface area contributed by atoms with E-state index in [0.29, 0.717) is 10.0 Å². The molecule has 0 radical (unpaired) electrons. The molecule has 2 amide bonds. The highest BCUT2D eigenvalue weighted by Gasteiger charge is 2.09. The fourth-order valence-corrected chi connectivity index (χ4v) is 4.41. The number of hydrogen-bond donors (Lipinski definition) is 2. The number of pyridine rings is 2. The molecular formula is C26H24Cl2N4O2S2. The molecule has 36 heavy (non-hydrogen) atoms. The van der Waals surface area contributed by atoms with Crippen LogP contribution in [0.4, 0.5) is 0 Å². The van der Waals surface area contributed by atoms with Gasteiger partial charge in [0, 0.05) is 81.8 Å². The Labute approximate surface area is 228 Å². The maximum absolute atomic E-state index is 9.43. The Balaban J connectivity index is 0.000000310. The van der Waals surface area contributed by atoms with Crippen LogP contribution >= 0.6 is 47.6 Å². The van der Waals surface area contributed by atoms with Crippen molar-refractivity contribution in [1.29, 1.82) is 0 Å². The first kappa shape index (κ1) is 27.5. The van der Waals surface area contributed by atoms with Crippen molar-refractivity contribution >= 4 is 104 Å². The van der Waals surface area contributed by atoms with Crippen LogP contribution < -0.4 is 0 Å². The van der Waals surface area contributed by atoms with Gasteiger partial charge in [-0.15, -0.1) is 0 Å². The van der Waals surface area contributed by atoms with Gasteiger partial charge in [-0.3, -0.25) is 9.59 Å². The standard InChI is InChI=1S/C20H10Cl2N2S2.2C3H7NO/c21-9-1-3-15-11(5-9)19(25)13-8-18-14(7-17(13)23-15)20(26)12-6-10(22)2-4-16(12)24-18;2*1-4(2)3-5/h1-8H,(H,23,25)(H,24,26);2*3H,1-2H3. The van der Waals surface area contributed by atoms with Crippen LogP contribution in [0.3, 0.4) is 0 Å². The highest BCUT2D eigenvalue weighted by atomic mass is 35.5. The minimum atomic E-state index is 0.666. The molecule has 5 aromatic rings. The number of carbonyl (C=O) groups is 2. The number of aromatic amines is 2. The van der Waals surface area contributed by atoms with Gasteiger partial charge >= 0.3 is 0 Å². The molecule has 0 saturated carbocycles. The first-order valence-corrected chi connectivity index (χ1v) is 12.3. The summed E-state index contributed by atoms with van der Waals surface area (Å²) in [5, 5.41) is 5.12. The first-order valence-electron chi connectivity index (χ1n) is 10.7. The van der Waals surface area contributed by atoms with Crippen molar-refractivity contribution in [3.05, 3.63) is 67.6 Å². The Morgan fingerprint density at radius 2 is 0.917 bits per heavy atom. The van der Waals surface area contributed by atoms with Gasteiger partial charge in [0.05, 0.1) is 9.02 Å². The van der Waals surface area contributed by atoms with Crippen LogP contribution in [0.5, 0.6) is 0 Å². The highest BCUT2D eigenvalue weighted by molar-refractivity contribution is 7.72. The number of nitrogens with one attached hydrogen (secondary N) is 2. The van der Waals surface area contributed by atoms with Crippen molar-refractivity contribution in [3.8, 4) is 0 Å². The van der Waals surface area contributed by atoms with Gasteiger partial charge in [0.25, 0.3) is 0 Å². The topological polar surface area (TPSA) is 72.2 Å². The van der Waals surface area contributed by atoms with Gasteiger partial charge in [0.1, 0.15) is 0 Å². The van der Waals surface area contributed by atoms with E-state index < -0.39 is 0 Å². The van der Waals surface area contributed by atoms with Crippen molar-refractivity contribution < 1.29 is 9.59 Å². The zero-order valence-corrected chi connectivity index (χ0v) is 23.2. The number of benzene rings is 3. The predicted molar refractivity (Wildman–Crippen MR) is 156 cm³/mol. The molecule has 0 atom stereocenters. The summed E-state index contributed by atoms with van der Waals surface area (Å²) in [6.07, 6.45) is 1.50. The highest BCUT2D eigenvalue weighted by Crippen LogP contribution is 2.31. The summed E-state index contributed by atoms with van der Waals surface area (Å²) in [5.74, 6) is 0. The maximum Gasteiger partial charge on any atom is 0.209 e. The van der Waals surface area contributed by atoms with E-state index in [4.69, 9.17) is 47.6 Å². The molecule has 10 heteroatoms. The maximum atomic E-state index is 9.43. The van der Waals surface area contributed by atoms with Crippen molar-refractivity contribution in [1.82, 2.24) is 19.8 Å². The zero-order valence-electron chi connectivity index (χ0n) is 20.1. The number of rotatable bonds is 2. The summed E-state index contributed by atoms with van der Waals surface area (Å²) in [6, 6.07) is 15.5. The molecule has 0 aliphatic rings. The van der Waals surface area contributed by atoms with Gasteiger partial charge in [-0.1, -0.05) is 47.6 Å². The Kier molecular flexibility index (Phi) is 9.03. The minimum absolute atomic E-state index is 0.666. The Morgan fingerprint density at radius 3 is 1.22 bits per heavy atom. The average molecular weight is 560 g/mol. The molecule has 0 fully saturated rings. The number of H-pyrrole nitrogens is 2. The number of nitrogens with zero attached hydrogens (tertiary/aromatic N) is 2. The van der Waals surface area contributed by atoms with Crippen LogP contribution in [-0.4, -0.2) is 60.8 Å². The zero-order chi connectivity index (χ0) is 26.6. The number of aromatic nitrogens is 2. The van der Waals surface area contributed by atoms with E-state index in [-0.39, 0.29) is 0 Å². The molecule has 0 bridgehead atoms. The van der Waals surface area contributed by atoms with Crippen molar-refractivity contribution in [2.75, 3.05) is 28.2 Å². The van der Waals surface area contributed by atoms with E-state index in [1.807, 2.05) is 48.5 Å². The van der Waals surface area contributed by atoms with Gasteiger partial charge in [-0.25, -0.2) is 0 Å².